The lowest BCUT2D eigenvalue weighted by Gasteiger charge is -2.17. The zero-order valence-electron chi connectivity index (χ0n) is 14.8. The molecule has 1 aliphatic rings. The molecule has 3 rings (SSSR count). The minimum atomic E-state index is -0.498. The number of nitrogens with zero attached hydrogens (tertiary/aromatic N) is 2. The van der Waals surface area contributed by atoms with Crippen LogP contribution in [0.2, 0.25) is 0 Å². The van der Waals surface area contributed by atoms with Gasteiger partial charge in [0.05, 0.1) is 18.6 Å². The van der Waals surface area contributed by atoms with Crippen LogP contribution in [0.1, 0.15) is 52.1 Å². The number of esters is 1. The summed E-state index contributed by atoms with van der Waals surface area (Å²) in [5.41, 5.74) is 2.15. The molecule has 1 aliphatic heterocycles. The largest absolute Gasteiger partial charge is 0.462 e. The smallest absolute Gasteiger partial charge is 0.338 e. The van der Waals surface area contributed by atoms with E-state index in [1.807, 2.05) is 6.92 Å². The van der Waals surface area contributed by atoms with Crippen molar-refractivity contribution >= 4 is 23.5 Å². The van der Waals surface area contributed by atoms with Crippen LogP contribution in [0.5, 0.6) is 0 Å². The van der Waals surface area contributed by atoms with Gasteiger partial charge in [0.1, 0.15) is 6.04 Å². The molecule has 1 N–H and O–H groups in total. The molecule has 0 aliphatic carbocycles. The molecular formula is C20H19N3O4. The summed E-state index contributed by atoms with van der Waals surface area (Å²) in [5, 5.41) is 10.3. The highest BCUT2D eigenvalue weighted by Gasteiger charge is 2.25. The lowest BCUT2D eigenvalue weighted by Crippen LogP contribution is -2.18. The van der Waals surface area contributed by atoms with Crippen LogP contribution in [0.15, 0.2) is 58.8 Å². The van der Waals surface area contributed by atoms with Gasteiger partial charge in [-0.25, -0.2) is 4.79 Å². The third kappa shape index (κ3) is 4.44. The fourth-order valence-electron chi connectivity index (χ4n) is 2.73. The Morgan fingerprint density at radius 1 is 1.11 bits per heavy atom. The van der Waals surface area contributed by atoms with E-state index < -0.39 is 17.9 Å². The Kier molecular flexibility index (Phi) is 5.71. The van der Waals surface area contributed by atoms with Gasteiger partial charge >= 0.3 is 5.97 Å². The predicted molar refractivity (Wildman–Crippen MR) is 98.6 cm³/mol. The maximum atomic E-state index is 12.3. The van der Waals surface area contributed by atoms with E-state index in [9.17, 15) is 14.4 Å². The molecule has 0 saturated heterocycles. The minimum Gasteiger partial charge on any atom is -0.462 e. The second kappa shape index (κ2) is 8.35. The number of nitrogens with one attached hydrogen (secondary N) is 1. The number of azo groups is 1. The van der Waals surface area contributed by atoms with E-state index in [-0.39, 0.29) is 12.3 Å². The van der Waals surface area contributed by atoms with E-state index in [0.717, 1.165) is 6.42 Å². The number of anilines is 1. The number of amides is 2. The van der Waals surface area contributed by atoms with Gasteiger partial charge in [0.25, 0.3) is 5.91 Å². The first-order chi connectivity index (χ1) is 13.1. The number of rotatable bonds is 6. The molecule has 7 heteroatoms. The maximum absolute atomic E-state index is 12.3. The zero-order valence-corrected chi connectivity index (χ0v) is 14.8. The highest BCUT2D eigenvalue weighted by atomic mass is 16.5. The van der Waals surface area contributed by atoms with Gasteiger partial charge in [-0.1, -0.05) is 25.1 Å². The molecule has 7 nitrogen and oxygen atoms in total. The first kappa shape index (κ1) is 18.4. The van der Waals surface area contributed by atoms with Crippen LogP contribution in [0.3, 0.4) is 0 Å². The number of ether oxygens (including phenoxy) is 1. The number of hydrogen-bond acceptors (Lipinski definition) is 5. The van der Waals surface area contributed by atoms with Crippen LogP contribution in [0.25, 0.3) is 0 Å². The van der Waals surface area contributed by atoms with Crippen molar-refractivity contribution in [2.75, 3.05) is 11.9 Å². The fraction of sp³-hybridized carbons (Fsp3) is 0.250. The monoisotopic (exact) mass is 365 g/mol. The Labute approximate surface area is 156 Å². The first-order valence-corrected chi connectivity index (χ1v) is 8.69. The molecule has 0 radical (unpaired) electrons. The van der Waals surface area contributed by atoms with Crippen molar-refractivity contribution in [1.82, 2.24) is 0 Å². The van der Waals surface area contributed by atoms with E-state index in [4.69, 9.17) is 4.74 Å². The summed E-state index contributed by atoms with van der Waals surface area (Å²) < 4.78 is 5.06. The first-order valence-electron chi connectivity index (χ1n) is 8.69. The third-order valence-corrected chi connectivity index (χ3v) is 4.06. The molecule has 0 spiro atoms. The molecule has 2 aromatic carbocycles. The van der Waals surface area contributed by atoms with Gasteiger partial charge in [0, 0.05) is 11.3 Å². The van der Waals surface area contributed by atoms with Gasteiger partial charge < -0.3 is 10.1 Å². The van der Waals surface area contributed by atoms with Crippen molar-refractivity contribution in [3.63, 3.8) is 0 Å². The van der Waals surface area contributed by atoms with Crippen LogP contribution in [-0.4, -0.2) is 24.4 Å². The fourth-order valence-corrected chi connectivity index (χ4v) is 2.73. The van der Waals surface area contributed by atoms with E-state index >= 15 is 0 Å². The summed E-state index contributed by atoms with van der Waals surface area (Å²) in [6, 6.07) is 13.0. The molecule has 1 heterocycles. The molecule has 1 atom stereocenters. The normalized spacial score (nSPS) is 15.1. The van der Waals surface area contributed by atoms with E-state index in [1.165, 1.54) is 0 Å². The quantitative estimate of drug-likeness (QED) is 0.784. The Balaban J connectivity index is 1.62. The second-order valence-corrected chi connectivity index (χ2v) is 6.09. The summed E-state index contributed by atoms with van der Waals surface area (Å²) in [4.78, 5) is 35.9. The van der Waals surface area contributed by atoms with E-state index in [1.54, 1.807) is 48.5 Å². The van der Waals surface area contributed by atoms with Crippen molar-refractivity contribution in [3.8, 4) is 0 Å². The van der Waals surface area contributed by atoms with Crippen LogP contribution in [0.4, 0.5) is 5.69 Å². The van der Waals surface area contributed by atoms with Gasteiger partial charge in [-0.3, -0.25) is 9.59 Å². The molecular weight excluding hydrogens is 346 g/mol. The van der Waals surface area contributed by atoms with Gasteiger partial charge in [-0.15, -0.1) is 5.11 Å². The molecule has 1 unspecified atom stereocenters. The van der Waals surface area contributed by atoms with Crippen molar-refractivity contribution in [2.24, 2.45) is 10.2 Å². The lowest BCUT2D eigenvalue weighted by atomic mass is 9.97. The number of carbonyl (C=O) groups excluding carboxylic acids is 3. The summed E-state index contributed by atoms with van der Waals surface area (Å²) in [5.74, 6) is -1.05. The van der Waals surface area contributed by atoms with Crippen molar-refractivity contribution in [3.05, 3.63) is 65.2 Å². The average Bonchev–Trinajstić information content (AvgIpc) is 2.69. The molecule has 0 bridgehead atoms. The number of benzene rings is 2. The van der Waals surface area contributed by atoms with Gasteiger partial charge in [-0.05, 0) is 42.3 Å². The lowest BCUT2D eigenvalue weighted by molar-refractivity contribution is -0.116. The van der Waals surface area contributed by atoms with Gasteiger partial charge in [0.2, 0.25) is 5.91 Å². The number of carbonyl (C=O) groups is 3. The topological polar surface area (TPSA) is 97.2 Å². The SMILES string of the molecule is CCCOC(=O)c1ccc(NC(=O)CC2N=NC(=O)c3ccccc32)cc1. The van der Waals surface area contributed by atoms with E-state index in [2.05, 4.69) is 15.5 Å². The van der Waals surface area contributed by atoms with Crippen LogP contribution < -0.4 is 5.32 Å². The summed E-state index contributed by atoms with van der Waals surface area (Å²) >= 11 is 0. The summed E-state index contributed by atoms with van der Waals surface area (Å²) in [6.07, 6.45) is 0.821. The molecule has 2 aromatic rings. The zero-order chi connectivity index (χ0) is 19.2. The maximum Gasteiger partial charge on any atom is 0.338 e. The Morgan fingerprint density at radius 3 is 2.59 bits per heavy atom. The summed E-state index contributed by atoms with van der Waals surface area (Å²) in [6.45, 7) is 2.29. The molecule has 27 heavy (non-hydrogen) atoms. The Morgan fingerprint density at radius 2 is 1.85 bits per heavy atom. The highest BCUT2D eigenvalue weighted by molar-refractivity contribution is 5.98. The van der Waals surface area contributed by atoms with Crippen molar-refractivity contribution in [2.45, 2.75) is 25.8 Å². The van der Waals surface area contributed by atoms with E-state index in [0.29, 0.717) is 29.0 Å². The standard InChI is InChI=1S/C20H19N3O4/c1-2-11-27-20(26)13-7-9-14(10-8-13)21-18(24)12-17-15-5-3-4-6-16(15)19(25)23-22-17/h3-10,17H,2,11-12H2,1H3,(H,21,24). The Bertz CT molecular complexity index is 890. The Hall–Kier alpha value is -3.35. The molecule has 2 amide bonds. The van der Waals surface area contributed by atoms with Crippen LogP contribution >= 0.6 is 0 Å². The highest BCUT2D eigenvalue weighted by Crippen LogP contribution is 2.30. The van der Waals surface area contributed by atoms with Crippen molar-refractivity contribution < 1.29 is 19.1 Å². The van der Waals surface area contributed by atoms with Gasteiger partial charge in [0.15, 0.2) is 0 Å². The molecule has 0 fully saturated rings. The number of fused-ring (bicyclic) bond motifs is 1. The van der Waals surface area contributed by atoms with Crippen LogP contribution in [0, 0.1) is 0 Å². The predicted octanol–water partition coefficient (Wildman–Crippen LogP) is 3.93. The third-order valence-electron chi connectivity index (χ3n) is 4.06. The number of hydrogen-bond donors (Lipinski definition) is 1. The summed E-state index contributed by atoms with van der Waals surface area (Å²) in [7, 11) is 0. The minimum absolute atomic E-state index is 0.0636. The average molecular weight is 365 g/mol. The van der Waals surface area contributed by atoms with Gasteiger partial charge in [-0.2, -0.15) is 5.11 Å². The molecule has 0 saturated carbocycles. The molecule has 138 valence electrons. The molecule has 0 aromatic heterocycles. The van der Waals surface area contributed by atoms with Crippen LogP contribution in [-0.2, 0) is 9.53 Å². The second-order valence-electron chi connectivity index (χ2n) is 6.09. The van der Waals surface area contributed by atoms with Crippen molar-refractivity contribution in [1.29, 1.82) is 0 Å².